The molecule has 8 heteroatoms. The molecule has 20 heavy (non-hydrogen) atoms. The minimum Gasteiger partial charge on any atom is -0.502 e. The van der Waals surface area contributed by atoms with Crippen LogP contribution in [0.15, 0.2) is 18.2 Å². The van der Waals surface area contributed by atoms with Crippen molar-refractivity contribution in [2.75, 3.05) is 10.8 Å². The lowest BCUT2D eigenvalue weighted by Gasteiger charge is -2.16. The first-order chi connectivity index (χ1) is 9.47. The number of hydrogen-bond donors (Lipinski definition) is 3. The van der Waals surface area contributed by atoms with E-state index < -0.39 is 22.4 Å². The van der Waals surface area contributed by atoms with E-state index in [0.717, 1.165) is 35.7 Å². The lowest BCUT2D eigenvalue weighted by molar-refractivity contribution is -0.385. The minimum absolute atomic E-state index is 0.214. The molecule has 1 aromatic carbocycles. The minimum atomic E-state index is -0.723. The number of amides is 2. The van der Waals surface area contributed by atoms with Crippen molar-refractivity contribution in [3.8, 4) is 5.75 Å². The van der Waals surface area contributed by atoms with Crippen molar-refractivity contribution in [2.24, 2.45) is 0 Å². The first kappa shape index (κ1) is 16.1. The number of nitrogens with zero attached hydrogens (tertiary/aromatic N) is 2. The fourth-order valence-corrected chi connectivity index (χ4v) is 1.75. The van der Waals surface area contributed by atoms with Crippen LogP contribution < -0.4 is 9.62 Å². The molecular formula is C12H17N3O4S. The molecule has 1 aromatic rings. The van der Waals surface area contributed by atoms with Gasteiger partial charge in [-0.1, -0.05) is 32.6 Å². The normalized spacial score (nSPS) is 10.1. The summed E-state index contributed by atoms with van der Waals surface area (Å²) < 4.78 is 0.971. The number of phenolic OH excluding ortho intramolecular Hbond substituents is 1. The van der Waals surface area contributed by atoms with E-state index in [2.05, 4.69) is 25.1 Å². The number of phenols is 1. The van der Waals surface area contributed by atoms with E-state index in [4.69, 9.17) is 0 Å². The molecule has 2 amide bonds. The maximum atomic E-state index is 11.8. The smallest absolute Gasteiger partial charge is 0.331 e. The number of anilines is 1. The molecule has 0 fully saturated rings. The Morgan fingerprint density at radius 1 is 1.50 bits per heavy atom. The number of nitrogens with one attached hydrogen (secondary N) is 1. The van der Waals surface area contributed by atoms with Gasteiger partial charge in [0.1, 0.15) is 0 Å². The van der Waals surface area contributed by atoms with Crippen LogP contribution in [0.1, 0.15) is 26.2 Å². The van der Waals surface area contributed by atoms with Crippen LogP contribution in [0.25, 0.3) is 0 Å². The fraction of sp³-hybridized carbons (Fsp3) is 0.417. The van der Waals surface area contributed by atoms with Crippen LogP contribution in [0, 0.1) is 10.1 Å². The third-order valence-corrected chi connectivity index (χ3v) is 3.06. The molecule has 0 aliphatic carbocycles. The predicted molar refractivity (Wildman–Crippen MR) is 79.1 cm³/mol. The summed E-state index contributed by atoms with van der Waals surface area (Å²) in [4.78, 5) is 21.8. The number of rotatable bonds is 6. The highest BCUT2D eigenvalue weighted by molar-refractivity contribution is 7.82. The summed E-state index contributed by atoms with van der Waals surface area (Å²) >= 11 is 4.01. The maximum absolute atomic E-state index is 11.8. The van der Waals surface area contributed by atoms with E-state index in [9.17, 15) is 20.0 Å². The average molecular weight is 299 g/mol. The van der Waals surface area contributed by atoms with Gasteiger partial charge in [-0.3, -0.25) is 10.1 Å². The van der Waals surface area contributed by atoms with Crippen LogP contribution in [0.3, 0.4) is 0 Å². The van der Waals surface area contributed by atoms with E-state index in [1.807, 2.05) is 0 Å². The zero-order valence-electron chi connectivity index (χ0n) is 11.1. The van der Waals surface area contributed by atoms with E-state index in [1.165, 1.54) is 6.07 Å². The molecule has 0 saturated carbocycles. The van der Waals surface area contributed by atoms with Gasteiger partial charge < -0.3 is 10.4 Å². The number of nitro groups is 1. The number of unbranched alkanes of at least 4 members (excludes halogenated alkanes) is 2. The summed E-state index contributed by atoms with van der Waals surface area (Å²) in [5.41, 5.74) is -0.258. The molecule has 7 nitrogen and oxygen atoms in total. The molecule has 0 spiro atoms. The topological polar surface area (TPSA) is 95.7 Å². The highest BCUT2D eigenvalue weighted by Crippen LogP contribution is 2.30. The molecule has 0 saturated heterocycles. The van der Waals surface area contributed by atoms with E-state index in [0.29, 0.717) is 6.54 Å². The maximum Gasteiger partial charge on any atom is 0.331 e. The number of carbonyl (C=O) groups excluding carboxylic acids is 1. The van der Waals surface area contributed by atoms with E-state index >= 15 is 0 Å². The molecule has 0 aliphatic heterocycles. The number of urea groups is 1. The first-order valence-electron chi connectivity index (χ1n) is 6.21. The van der Waals surface area contributed by atoms with Gasteiger partial charge in [-0.05, 0) is 18.6 Å². The summed E-state index contributed by atoms with van der Waals surface area (Å²) in [6.07, 6.45) is 2.92. The van der Waals surface area contributed by atoms with Crippen molar-refractivity contribution in [3.63, 3.8) is 0 Å². The highest BCUT2D eigenvalue weighted by Gasteiger charge is 2.18. The molecule has 110 valence electrons. The van der Waals surface area contributed by atoms with Gasteiger partial charge >= 0.3 is 11.7 Å². The molecule has 1 rings (SSSR count). The van der Waals surface area contributed by atoms with Crippen molar-refractivity contribution in [3.05, 3.63) is 28.3 Å². The van der Waals surface area contributed by atoms with Gasteiger partial charge in [0.25, 0.3) is 0 Å². The van der Waals surface area contributed by atoms with Crippen molar-refractivity contribution in [1.82, 2.24) is 5.32 Å². The molecule has 0 aromatic heterocycles. The summed E-state index contributed by atoms with van der Waals surface area (Å²) in [5.74, 6) is -0.455. The van der Waals surface area contributed by atoms with Crippen molar-refractivity contribution >= 4 is 30.2 Å². The third-order valence-electron chi connectivity index (χ3n) is 2.65. The zero-order valence-corrected chi connectivity index (χ0v) is 12.0. The Kier molecular flexibility index (Phi) is 6.10. The third kappa shape index (κ3) is 4.30. The summed E-state index contributed by atoms with van der Waals surface area (Å²) in [7, 11) is 0. The Balaban J connectivity index is 2.71. The average Bonchev–Trinajstić information content (AvgIpc) is 2.42. The SMILES string of the molecule is CCCCCNC(=O)N(S)c1ccc(O)c([N+](=O)[O-])c1. The van der Waals surface area contributed by atoms with Crippen LogP contribution in [0.5, 0.6) is 5.75 Å². The van der Waals surface area contributed by atoms with Crippen molar-refractivity contribution in [2.45, 2.75) is 26.2 Å². The number of benzene rings is 1. The van der Waals surface area contributed by atoms with Gasteiger partial charge in [-0.25, -0.2) is 9.10 Å². The second-order valence-corrected chi connectivity index (χ2v) is 4.58. The van der Waals surface area contributed by atoms with Gasteiger partial charge in [0, 0.05) is 12.6 Å². The Morgan fingerprint density at radius 3 is 2.80 bits per heavy atom. The first-order valence-corrected chi connectivity index (χ1v) is 6.61. The summed E-state index contributed by atoms with van der Waals surface area (Å²) in [6.45, 7) is 2.58. The molecule has 0 atom stereocenters. The summed E-state index contributed by atoms with van der Waals surface area (Å²) in [5, 5.41) is 22.7. The number of aromatic hydroxyl groups is 1. The highest BCUT2D eigenvalue weighted by atomic mass is 32.1. The Labute approximate surface area is 122 Å². The lowest BCUT2D eigenvalue weighted by atomic mass is 10.2. The van der Waals surface area contributed by atoms with E-state index in [-0.39, 0.29) is 5.69 Å². The molecular weight excluding hydrogens is 282 g/mol. The van der Waals surface area contributed by atoms with Crippen LogP contribution in [-0.4, -0.2) is 22.6 Å². The Hall–Kier alpha value is -1.96. The second-order valence-electron chi connectivity index (χ2n) is 4.18. The number of thiol groups is 1. The second kappa shape index (κ2) is 7.59. The van der Waals surface area contributed by atoms with Gasteiger partial charge in [0.2, 0.25) is 0 Å². The molecule has 0 unspecified atom stereocenters. The molecule has 0 radical (unpaired) electrons. The van der Waals surface area contributed by atoms with Crippen LogP contribution >= 0.6 is 12.8 Å². The quantitative estimate of drug-likeness (QED) is 0.326. The largest absolute Gasteiger partial charge is 0.502 e. The number of nitro benzene ring substituents is 1. The zero-order chi connectivity index (χ0) is 15.1. The van der Waals surface area contributed by atoms with Gasteiger partial charge in [-0.15, -0.1) is 0 Å². The standard InChI is InChI=1S/C12H17N3O4S/c1-2-3-4-7-13-12(17)14(20)9-5-6-11(16)10(8-9)15(18)19/h5-6,8,16,20H,2-4,7H2,1H3,(H,13,17). The van der Waals surface area contributed by atoms with Gasteiger partial charge in [0.05, 0.1) is 10.6 Å². The monoisotopic (exact) mass is 299 g/mol. The van der Waals surface area contributed by atoms with Gasteiger partial charge in [0.15, 0.2) is 5.75 Å². The lowest BCUT2D eigenvalue weighted by Crippen LogP contribution is -2.34. The van der Waals surface area contributed by atoms with Crippen LogP contribution in [0.4, 0.5) is 16.2 Å². The van der Waals surface area contributed by atoms with Crippen molar-refractivity contribution < 1.29 is 14.8 Å². The van der Waals surface area contributed by atoms with Gasteiger partial charge in [-0.2, -0.15) is 0 Å². The number of carbonyl (C=O) groups is 1. The number of hydrogen-bond acceptors (Lipinski definition) is 5. The predicted octanol–water partition coefficient (Wildman–Crippen LogP) is 2.85. The Morgan fingerprint density at radius 2 is 2.20 bits per heavy atom. The molecule has 2 N–H and O–H groups in total. The summed E-state index contributed by atoms with van der Waals surface area (Å²) in [6, 6.07) is 3.15. The molecule has 0 bridgehead atoms. The molecule has 0 heterocycles. The fourth-order valence-electron chi connectivity index (χ4n) is 1.55. The van der Waals surface area contributed by atoms with Crippen molar-refractivity contribution in [1.29, 1.82) is 0 Å². The van der Waals surface area contributed by atoms with Crippen LogP contribution in [-0.2, 0) is 0 Å². The molecule has 0 aliphatic rings. The van der Waals surface area contributed by atoms with Crippen LogP contribution in [0.2, 0.25) is 0 Å². The van der Waals surface area contributed by atoms with E-state index in [1.54, 1.807) is 0 Å². The Bertz CT molecular complexity index is 496.